The van der Waals surface area contributed by atoms with E-state index >= 15 is 0 Å². The van der Waals surface area contributed by atoms with Crippen LogP contribution in [0.1, 0.15) is 96.6 Å². The molecule has 0 bridgehead atoms. The fourth-order valence-corrected chi connectivity index (χ4v) is 13.2. The Morgan fingerprint density at radius 2 is 1.22 bits per heavy atom. The number of methoxy groups -OCH3 is 2. The number of amides is 3. The van der Waals surface area contributed by atoms with Crippen LogP contribution in [0.15, 0.2) is 122 Å². The van der Waals surface area contributed by atoms with Crippen LogP contribution in [0.25, 0.3) is 11.1 Å². The van der Waals surface area contributed by atoms with Gasteiger partial charge in [-0.3, -0.25) is 19.6 Å². The molecule has 68 heavy (non-hydrogen) atoms. The van der Waals surface area contributed by atoms with Gasteiger partial charge in [-0.15, -0.1) is 0 Å². The molecule has 0 spiro atoms. The third kappa shape index (κ3) is 11.7. The van der Waals surface area contributed by atoms with Crippen molar-refractivity contribution in [3.63, 3.8) is 0 Å². The number of pyridine rings is 2. The maximum atomic E-state index is 13.9. The van der Waals surface area contributed by atoms with Gasteiger partial charge in [0, 0.05) is 50.0 Å². The van der Waals surface area contributed by atoms with E-state index in [0.717, 1.165) is 21.5 Å². The number of carbonyl (C=O) groups is 3. The van der Waals surface area contributed by atoms with Crippen molar-refractivity contribution in [2.45, 2.75) is 85.8 Å². The summed E-state index contributed by atoms with van der Waals surface area (Å²) in [6.45, 7) is 18.3. The lowest BCUT2D eigenvalue weighted by Gasteiger charge is -2.43. The van der Waals surface area contributed by atoms with Gasteiger partial charge in [0.1, 0.15) is 17.0 Å². The third-order valence-corrected chi connectivity index (χ3v) is 17.1. The molecule has 0 aliphatic heterocycles. The number of aryl methyl sites for hydroxylation is 2. The van der Waals surface area contributed by atoms with Crippen molar-refractivity contribution >= 4 is 59.6 Å². The SMILES string of the molecule is COC(OC)c1cnc(C(=O)Nc2cccc(-c3cccc(NC(=O)c4ncc(CN(CCO[Si](c5ccccc5)(c5ccccc5)C(C)(C)C)C(=O)OC(C)(C)C)cc4C)c3Cl)c2C)c(C)c1. The van der Waals surface area contributed by atoms with Gasteiger partial charge in [-0.2, -0.15) is 0 Å². The highest BCUT2D eigenvalue weighted by atomic mass is 35.5. The summed E-state index contributed by atoms with van der Waals surface area (Å²) in [5.74, 6) is -0.829. The van der Waals surface area contributed by atoms with Crippen LogP contribution in [-0.2, 0) is 25.2 Å². The Morgan fingerprint density at radius 3 is 1.75 bits per heavy atom. The number of ether oxygens (including phenoxy) is 3. The fraction of sp³-hybridized carbons (Fsp3) is 0.315. The Labute approximate surface area is 406 Å². The molecule has 0 fully saturated rings. The first-order chi connectivity index (χ1) is 32.3. The summed E-state index contributed by atoms with van der Waals surface area (Å²) in [6, 6.07) is 35.3. The largest absolute Gasteiger partial charge is 0.444 e. The number of carbonyl (C=O) groups excluding carboxylic acids is 3. The summed E-state index contributed by atoms with van der Waals surface area (Å²) in [4.78, 5) is 51.8. The second kappa shape index (κ2) is 21.8. The molecule has 14 heteroatoms. The van der Waals surface area contributed by atoms with E-state index in [1.54, 1.807) is 43.3 Å². The number of benzene rings is 4. The van der Waals surface area contributed by atoms with E-state index in [0.29, 0.717) is 44.2 Å². The van der Waals surface area contributed by atoms with Crippen LogP contribution in [0.4, 0.5) is 16.2 Å². The molecule has 2 N–H and O–H groups in total. The molecule has 0 atom stereocenters. The number of nitrogens with zero attached hydrogens (tertiary/aromatic N) is 3. The number of halogens is 1. The third-order valence-electron chi connectivity index (χ3n) is 11.6. The van der Waals surface area contributed by atoms with Crippen molar-refractivity contribution in [2.24, 2.45) is 0 Å². The van der Waals surface area contributed by atoms with E-state index in [9.17, 15) is 14.4 Å². The van der Waals surface area contributed by atoms with Gasteiger partial charge in [-0.1, -0.05) is 123 Å². The summed E-state index contributed by atoms with van der Waals surface area (Å²) >= 11 is 7.04. The number of hydrogen-bond donors (Lipinski definition) is 2. The van der Waals surface area contributed by atoms with Crippen LogP contribution >= 0.6 is 11.6 Å². The van der Waals surface area contributed by atoms with E-state index in [1.165, 1.54) is 14.2 Å². The first-order valence-electron chi connectivity index (χ1n) is 22.5. The lowest BCUT2D eigenvalue weighted by atomic mass is 9.98. The fourth-order valence-electron chi connectivity index (χ4n) is 8.40. The number of anilines is 2. The number of rotatable bonds is 16. The van der Waals surface area contributed by atoms with Gasteiger partial charge in [-0.05, 0) is 103 Å². The first kappa shape index (κ1) is 51.2. The molecule has 2 heterocycles. The zero-order valence-corrected chi connectivity index (χ0v) is 42.6. The molecule has 2 aromatic heterocycles. The van der Waals surface area contributed by atoms with Crippen molar-refractivity contribution in [1.82, 2.24) is 14.9 Å². The van der Waals surface area contributed by atoms with Gasteiger partial charge >= 0.3 is 6.09 Å². The van der Waals surface area contributed by atoms with Gasteiger partial charge in [0.15, 0.2) is 6.29 Å². The molecule has 4 aromatic carbocycles. The van der Waals surface area contributed by atoms with Crippen molar-refractivity contribution in [3.05, 3.63) is 166 Å². The van der Waals surface area contributed by atoms with Crippen LogP contribution in [0, 0.1) is 20.8 Å². The van der Waals surface area contributed by atoms with Crippen LogP contribution in [0.2, 0.25) is 10.1 Å². The molecule has 6 aromatic rings. The van der Waals surface area contributed by atoms with Crippen molar-refractivity contribution in [3.8, 4) is 11.1 Å². The topological polar surface area (TPSA) is 141 Å². The van der Waals surface area contributed by atoms with Gasteiger partial charge in [0.25, 0.3) is 20.1 Å². The van der Waals surface area contributed by atoms with E-state index in [4.69, 9.17) is 30.2 Å². The molecular weight excluding hydrogens is 894 g/mol. The standard InChI is InChI=1S/C54H62ClN5O7Si/c1-35-30-38(34-60(52(63)67-53(4,5)6)28-29-66-68(54(7,8)9,40-20-14-12-15-21-40)41-22-16-13-17-23-41)32-56-47(35)50(62)59-45-27-19-25-43(46(45)55)42-24-18-26-44(37(42)3)58-49(61)48-36(2)31-39(33-57-48)51(64-10)65-11/h12-27,30-33,51H,28-29,34H2,1-11H3,(H,58,61)(H,59,62). The lowest BCUT2D eigenvalue weighted by Crippen LogP contribution is -2.67. The number of aromatic nitrogens is 2. The van der Waals surface area contributed by atoms with Crippen molar-refractivity contribution in [2.75, 3.05) is 38.0 Å². The van der Waals surface area contributed by atoms with Gasteiger partial charge in [0.2, 0.25) is 0 Å². The summed E-state index contributed by atoms with van der Waals surface area (Å²) < 4.78 is 23.7. The minimum Gasteiger partial charge on any atom is -0.444 e. The summed E-state index contributed by atoms with van der Waals surface area (Å²) in [6.07, 6.45) is 2.08. The Morgan fingerprint density at radius 1 is 0.691 bits per heavy atom. The summed E-state index contributed by atoms with van der Waals surface area (Å²) in [5, 5.41) is 8.30. The molecular formula is C54H62ClN5O7Si. The lowest BCUT2D eigenvalue weighted by molar-refractivity contribution is -0.106. The average molecular weight is 957 g/mol. The molecule has 0 saturated heterocycles. The van der Waals surface area contributed by atoms with E-state index in [-0.39, 0.29) is 42.0 Å². The molecule has 0 aliphatic carbocycles. The first-order valence-corrected chi connectivity index (χ1v) is 24.8. The molecule has 0 unspecified atom stereocenters. The Balaban J connectivity index is 1.19. The molecule has 6 rings (SSSR count). The summed E-state index contributed by atoms with van der Waals surface area (Å²) in [5.41, 5.74) is 5.55. The van der Waals surface area contributed by atoms with Crippen LogP contribution in [0.5, 0.6) is 0 Å². The molecule has 0 radical (unpaired) electrons. The van der Waals surface area contributed by atoms with Crippen LogP contribution < -0.4 is 21.0 Å². The van der Waals surface area contributed by atoms with Crippen LogP contribution in [0.3, 0.4) is 0 Å². The number of nitrogens with one attached hydrogen (secondary N) is 2. The molecule has 3 amide bonds. The minimum absolute atomic E-state index is 0.174. The quantitative estimate of drug-likeness (QED) is 0.0716. The zero-order chi connectivity index (χ0) is 49.4. The molecule has 0 aliphatic rings. The zero-order valence-electron chi connectivity index (χ0n) is 40.8. The monoisotopic (exact) mass is 955 g/mol. The molecule has 356 valence electrons. The minimum atomic E-state index is -2.88. The predicted octanol–water partition coefficient (Wildman–Crippen LogP) is 10.8. The van der Waals surface area contributed by atoms with Gasteiger partial charge < -0.3 is 34.2 Å². The van der Waals surface area contributed by atoms with Crippen molar-refractivity contribution < 1.29 is 33.0 Å². The van der Waals surface area contributed by atoms with Crippen molar-refractivity contribution in [1.29, 1.82) is 0 Å². The summed E-state index contributed by atoms with van der Waals surface area (Å²) in [7, 11) is 0.192. The Kier molecular flexibility index (Phi) is 16.4. The second-order valence-corrected chi connectivity index (χ2v) is 23.4. The van der Waals surface area contributed by atoms with E-state index in [1.807, 2.05) is 100 Å². The van der Waals surface area contributed by atoms with Gasteiger partial charge in [0.05, 0.1) is 23.9 Å². The Hall–Kier alpha value is -6.22. The van der Waals surface area contributed by atoms with Gasteiger partial charge in [-0.25, -0.2) is 4.79 Å². The highest BCUT2D eigenvalue weighted by Crippen LogP contribution is 2.39. The predicted molar refractivity (Wildman–Crippen MR) is 272 cm³/mol. The smallest absolute Gasteiger partial charge is 0.410 e. The molecule has 0 saturated carbocycles. The van der Waals surface area contributed by atoms with Crippen LogP contribution in [-0.4, -0.2) is 74.1 Å². The maximum Gasteiger partial charge on any atom is 0.410 e. The number of hydrogen-bond acceptors (Lipinski definition) is 9. The second-order valence-electron chi connectivity index (χ2n) is 18.7. The highest BCUT2D eigenvalue weighted by molar-refractivity contribution is 6.99. The maximum absolute atomic E-state index is 13.9. The Bertz CT molecular complexity index is 2700. The normalized spacial score (nSPS) is 11.9. The van der Waals surface area contributed by atoms with E-state index in [2.05, 4.69) is 65.6 Å². The average Bonchev–Trinajstić information content (AvgIpc) is 3.29. The molecule has 12 nitrogen and oxygen atoms in total. The van der Waals surface area contributed by atoms with E-state index < -0.39 is 32.2 Å². The highest BCUT2D eigenvalue weighted by Gasteiger charge is 2.50.